The summed E-state index contributed by atoms with van der Waals surface area (Å²) in [6, 6.07) is -1.05. The highest BCUT2D eigenvalue weighted by molar-refractivity contribution is 6.01. The molecule has 126 valence electrons. The molecule has 0 aromatic rings. The maximum atomic E-state index is 12.4. The zero-order chi connectivity index (χ0) is 17.1. The Kier molecular flexibility index (Phi) is 5.93. The van der Waals surface area contributed by atoms with E-state index in [-0.39, 0.29) is 13.0 Å². The van der Waals surface area contributed by atoms with Crippen LogP contribution >= 0.6 is 0 Å². The normalized spacial score (nSPS) is 23.4. The lowest BCUT2D eigenvalue weighted by Gasteiger charge is -2.26. The summed E-state index contributed by atoms with van der Waals surface area (Å²) in [5.41, 5.74) is -0.794. The molecular weight excluding hydrogens is 290 g/mol. The number of carbonyl (C=O) groups is 3. The molecule has 3 atom stereocenters. The van der Waals surface area contributed by atoms with Crippen molar-refractivity contribution in [1.29, 1.82) is 0 Å². The molecule has 0 aromatic heterocycles. The SMILES string of the molecule is CCOC(=O)[C@@H]1CC(C(O)CC)C(=O)N1C(=O)OC(C)(C)C. The largest absolute Gasteiger partial charge is 0.464 e. The van der Waals surface area contributed by atoms with Gasteiger partial charge in [-0.05, 0) is 40.5 Å². The summed E-state index contributed by atoms with van der Waals surface area (Å²) in [4.78, 5) is 37.5. The summed E-state index contributed by atoms with van der Waals surface area (Å²) in [7, 11) is 0. The van der Waals surface area contributed by atoms with Gasteiger partial charge in [-0.1, -0.05) is 6.92 Å². The van der Waals surface area contributed by atoms with Crippen molar-refractivity contribution in [3.63, 3.8) is 0 Å². The minimum absolute atomic E-state index is 0.0475. The Labute approximate surface area is 130 Å². The average molecular weight is 315 g/mol. The van der Waals surface area contributed by atoms with Crippen molar-refractivity contribution < 1.29 is 29.0 Å². The highest BCUT2D eigenvalue weighted by Gasteiger charge is 2.50. The first-order valence-electron chi connectivity index (χ1n) is 7.53. The van der Waals surface area contributed by atoms with Gasteiger partial charge >= 0.3 is 12.1 Å². The van der Waals surface area contributed by atoms with Crippen LogP contribution in [-0.2, 0) is 19.1 Å². The van der Waals surface area contributed by atoms with E-state index in [9.17, 15) is 19.5 Å². The number of rotatable bonds is 4. The number of hydrogen-bond acceptors (Lipinski definition) is 6. The third-order valence-corrected chi connectivity index (χ3v) is 3.38. The molecule has 2 amide bonds. The zero-order valence-electron chi connectivity index (χ0n) is 13.8. The van der Waals surface area contributed by atoms with Crippen LogP contribution in [0.1, 0.15) is 47.5 Å². The van der Waals surface area contributed by atoms with Gasteiger partial charge in [0.2, 0.25) is 5.91 Å². The van der Waals surface area contributed by atoms with E-state index in [1.807, 2.05) is 0 Å². The number of likely N-dealkylation sites (tertiary alicyclic amines) is 1. The van der Waals surface area contributed by atoms with Crippen molar-refractivity contribution in [1.82, 2.24) is 4.90 Å². The Morgan fingerprint density at radius 2 is 1.95 bits per heavy atom. The summed E-state index contributed by atoms with van der Waals surface area (Å²) in [6.07, 6.45) is -1.39. The molecule has 1 fully saturated rings. The van der Waals surface area contributed by atoms with Crippen LogP contribution in [0.2, 0.25) is 0 Å². The lowest BCUT2D eigenvalue weighted by Crippen LogP contribution is -2.46. The molecule has 7 heteroatoms. The second-order valence-corrected chi connectivity index (χ2v) is 6.27. The Balaban J connectivity index is 3.03. The maximum absolute atomic E-state index is 12.4. The van der Waals surface area contributed by atoms with E-state index in [0.717, 1.165) is 4.90 Å². The number of ether oxygens (including phenoxy) is 2. The first kappa shape index (κ1) is 18.4. The van der Waals surface area contributed by atoms with E-state index in [4.69, 9.17) is 9.47 Å². The molecule has 0 radical (unpaired) electrons. The number of esters is 1. The lowest BCUT2D eigenvalue weighted by atomic mass is 9.97. The van der Waals surface area contributed by atoms with E-state index in [2.05, 4.69) is 0 Å². The highest BCUT2D eigenvalue weighted by atomic mass is 16.6. The smallest absolute Gasteiger partial charge is 0.417 e. The van der Waals surface area contributed by atoms with Gasteiger partial charge in [-0.25, -0.2) is 14.5 Å². The number of nitrogens with zero attached hydrogens (tertiary/aromatic N) is 1. The van der Waals surface area contributed by atoms with E-state index in [1.165, 1.54) is 0 Å². The van der Waals surface area contributed by atoms with Crippen molar-refractivity contribution in [2.45, 2.75) is 65.2 Å². The number of carbonyl (C=O) groups excluding carboxylic acids is 3. The Hall–Kier alpha value is -1.63. The number of amides is 2. The molecule has 7 nitrogen and oxygen atoms in total. The fourth-order valence-electron chi connectivity index (χ4n) is 2.35. The molecule has 1 aliphatic heterocycles. The highest BCUT2D eigenvalue weighted by Crippen LogP contribution is 2.31. The molecule has 2 unspecified atom stereocenters. The number of hydrogen-bond donors (Lipinski definition) is 1. The fraction of sp³-hybridized carbons (Fsp3) is 0.800. The first-order chi connectivity index (χ1) is 10.1. The number of aliphatic hydroxyl groups is 1. The van der Waals surface area contributed by atoms with Gasteiger partial charge in [0.1, 0.15) is 11.6 Å². The van der Waals surface area contributed by atoms with Gasteiger partial charge in [0, 0.05) is 0 Å². The standard InChI is InChI=1S/C15H25NO6/c1-6-11(17)9-8-10(13(19)21-7-2)16(12(9)18)14(20)22-15(3,4)5/h9-11,17H,6-8H2,1-5H3/t9?,10-,11?/m0/s1. The predicted octanol–water partition coefficient (Wildman–Crippen LogP) is 1.47. The van der Waals surface area contributed by atoms with Gasteiger partial charge in [0.25, 0.3) is 0 Å². The summed E-state index contributed by atoms with van der Waals surface area (Å²) in [6.45, 7) is 8.53. The summed E-state index contributed by atoms with van der Waals surface area (Å²) >= 11 is 0. The average Bonchev–Trinajstić information content (AvgIpc) is 2.74. The molecule has 1 N–H and O–H groups in total. The Bertz CT molecular complexity index is 442. The molecule has 0 aliphatic carbocycles. The van der Waals surface area contributed by atoms with Gasteiger partial charge in [0.15, 0.2) is 0 Å². The molecule has 0 bridgehead atoms. The number of imide groups is 1. The van der Waals surface area contributed by atoms with Crippen LogP contribution in [0.25, 0.3) is 0 Å². The summed E-state index contributed by atoms with van der Waals surface area (Å²) in [5.74, 6) is -2.05. The van der Waals surface area contributed by atoms with Crippen LogP contribution < -0.4 is 0 Å². The third kappa shape index (κ3) is 4.19. The van der Waals surface area contributed by atoms with Crippen LogP contribution in [0, 0.1) is 5.92 Å². The quantitative estimate of drug-likeness (QED) is 0.790. The lowest BCUT2D eigenvalue weighted by molar-refractivity contribution is -0.151. The van der Waals surface area contributed by atoms with Crippen LogP contribution in [0.15, 0.2) is 0 Å². The second kappa shape index (κ2) is 7.09. The Morgan fingerprint density at radius 1 is 1.36 bits per heavy atom. The minimum atomic E-state index is -1.05. The molecule has 0 saturated carbocycles. The Morgan fingerprint density at radius 3 is 2.41 bits per heavy atom. The van der Waals surface area contributed by atoms with Crippen molar-refractivity contribution in [3.8, 4) is 0 Å². The number of aliphatic hydroxyl groups excluding tert-OH is 1. The van der Waals surface area contributed by atoms with E-state index >= 15 is 0 Å². The monoisotopic (exact) mass is 315 g/mol. The molecule has 0 spiro atoms. The topological polar surface area (TPSA) is 93.1 Å². The summed E-state index contributed by atoms with van der Waals surface area (Å²) in [5, 5.41) is 9.94. The zero-order valence-corrected chi connectivity index (χ0v) is 13.8. The molecule has 1 rings (SSSR count). The van der Waals surface area contributed by atoms with Crippen LogP contribution in [0.5, 0.6) is 0 Å². The third-order valence-electron chi connectivity index (χ3n) is 3.38. The maximum Gasteiger partial charge on any atom is 0.417 e. The molecule has 22 heavy (non-hydrogen) atoms. The predicted molar refractivity (Wildman–Crippen MR) is 77.9 cm³/mol. The van der Waals surface area contributed by atoms with E-state index < -0.39 is 41.6 Å². The molecule has 1 heterocycles. The second-order valence-electron chi connectivity index (χ2n) is 6.27. The van der Waals surface area contributed by atoms with Crippen molar-refractivity contribution >= 4 is 18.0 Å². The molecule has 0 aromatic carbocycles. The van der Waals surface area contributed by atoms with E-state index in [0.29, 0.717) is 6.42 Å². The first-order valence-corrected chi connectivity index (χ1v) is 7.53. The van der Waals surface area contributed by atoms with Gasteiger partial charge in [-0.15, -0.1) is 0 Å². The van der Waals surface area contributed by atoms with Crippen molar-refractivity contribution in [2.24, 2.45) is 5.92 Å². The van der Waals surface area contributed by atoms with Crippen LogP contribution in [0.4, 0.5) is 4.79 Å². The molecule has 1 saturated heterocycles. The van der Waals surface area contributed by atoms with E-state index in [1.54, 1.807) is 34.6 Å². The summed E-state index contributed by atoms with van der Waals surface area (Å²) < 4.78 is 10.1. The van der Waals surface area contributed by atoms with Crippen LogP contribution in [-0.4, -0.2) is 52.3 Å². The minimum Gasteiger partial charge on any atom is -0.464 e. The fourth-order valence-corrected chi connectivity index (χ4v) is 2.35. The van der Waals surface area contributed by atoms with Gasteiger partial charge < -0.3 is 14.6 Å². The van der Waals surface area contributed by atoms with Crippen molar-refractivity contribution in [2.75, 3.05) is 6.61 Å². The van der Waals surface area contributed by atoms with Gasteiger partial charge in [0.05, 0.1) is 18.6 Å². The van der Waals surface area contributed by atoms with Crippen LogP contribution in [0.3, 0.4) is 0 Å². The molecule has 1 aliphatic rings. The van der Waals surface area contributed by atoms with Crippen molar-refractivity contribution in [3.05, 3.63) is 0 Å². The molecular formula is C15H25NO6. The van der Waals surface area contributed by atoms with Gasteiger partial charge in [-0.2, -0.15) is 0 Å². The van der Waals surface area contributed by atoms with Gasteiger partial charge in [-0.3, -0.25) is 4.79 Å².